The zero-order chi connectivity index (χ0) is 17.6. The monoisotopic (exact) mass is 397 g/mol. The van der Waals surface area contributed by atoms with Crippen LogP contribution in [0.25, 0.3) is 0 Å². The van der Waals surface area contributed by atoms with Gasteiger partial charge in [0.05, 0.1) is 12.3 Å². The standard InChI is InChI=1S/C18H17Cl2NO3S/c19-13-6-5-12(15(20)7-13)10-25-11-18(22)21-8-14-9-23-16-3-1-2-4-17(16)24-14/h1-7,14H,8-11H2,(H,21,22)/t14-/m1/s1. The van der Waals surface area contributed by atoms with E-state index in [2.05, 4.69) is 5.32 Å². The molecule has 0 bridgehead atoms. The van der Waals surface area contributed by atoms with Crippen LogP contribution in [0.1, 0.15) is 5.56 Å². The van der Waals surface area contributed by atoms with E-state index < -0.39 is 0 Å². The predicted octanol–water partition coefficient (Wildman–Crippen LogP) is 4.18. The van der Waals surface area contributed by atoms with E-state index >= 15 is 0 Å². The molecule has 4 nitrogen and oxygen atoms in total. The van der Waals surface area contributed by atoms with Gasteiger partial charge in [0.1, 0.15) is 12.7 Å². The molecule has 0 radical (unpaired) electrons. The number of ether oxygens (including phenoxy) is 2. The van der Waals surface area contributed by atoms with Gasteiger partial charge in [0.2, 0.25) is 5.91 Å². The number of benzene rings is 2. The Morgan fingerprint density at radius 3 is 2.80 bits per heavy atom. The third-order valence-corrected chi connectivity index (χ3v) is 5.17. The zero-order valence-electron chi connectivity index (χ0n) is 13.3. The summed E-state index contributed by atoms with van der Waals surface area (Å²) < 4.78 is 11.4. The van der Waals surface area contributed by atoms with Crippen molar-refractivity contribution in [2.45, 2.75) is 11.9 Å². The number of hydrogen-bond acceptors (Lipinski definition) is 4. The molecule has 2 aromatic rings. The molecule has 0 spiro atoms. The summed E-state index contributed by atoms with van der Waals surface area (Å²) in [5.74, 6) is 2.40. The Labute approximate surface area is 160 Å². The molecule has 0 saturated heterocycles. The summed E-state index contributed by atoms with van der Waals surface area (Å²) in [5, 5.41) is 4.10. The van der Waals surface area contributed by atoms with E-state index in [1.165, 1.54) is 11.8 Å². The van der Waals surface area contributed by atoms with E-state index in [-0.39, 0.29) is 12.0 Å². The minimum atomic E-state index is -0.186. The Kier molecular flexibility index (Phi) is 6.34. The van der Waals surface area contributed by atoms with Crippen LogP contribution >= 0.6 is 35.0 Å². The number of halogens is 2. The van der Waals surface area contributed by atoms with Crippen molar-refractivity contribution in [3.8, 4) is 11.5 Å². The fourth-order valence-electron chi connectivity index (χ4n) is 2.33. The number of nitrogens with one attached hydrogen (secondary N) is 1. The van der Waals surface area contributed by atoms with Crippen molar-refractivity contribution >= 4 is 40.9 Å². The van der Waals surface area contributed by atoms with E-state index in [1.54, 1.807) is 12.1 Å². The summed E-state index contributed by atoms with van der Waals surface area (Å²) in [7, 11) is 0. The highest BCUT2D eigenvalue weighted by Gasteiger charge is 2.20. The van der Waals surface area contributed by atoms with Gasteiger partial charge in [-0.2, -0.15) is 0 Å². The van der Waals surface area contributed by atoms with E-state index in [4.69, 9.17) is 32.7 Å². The SMILES string of the molecule is O=C(CSCc1ccc(Cl)cc1Cl)NC[C@@H]1COc2ccccc2O1. The number of fused-ring (bicyclic) bond motifs is 1. The fourth-order valence-corrected chi connectivity index (χ4v) is 3.75. The quantitative estimate of drug-likeness (QED) is 0.793. The first-order chi connectivity index (χ1) is 12.1. The highest BCUT2D eigenvalue weighted by molar-refractivity contribution is 7.99. The first-order valence-corrected chi connectivity index (χ1v) is 9.70. The summed E-state index contributed by atoms with van der Waals surface area (Å²) >= 11 is 13.5. The van der Waals surface area contributed by atoms with Crippen molar-refractivity contribution < 1.29 is 14.3 Å². The second kappa shape index (κ2) is 8.70. The first-order valence-electron chi connectivity index (χ1n) is 7.78. The summed E-state index contributed by atoms with van der Waals surface area (Å²) in [5.41, 5.74) is 0.962. The Bertz CT molecular complexity index is 757. The van der Waals surface area contributed by atoms with Gasteiger partial charge in [-0.15, -0.1) is 11.8 Å². The van der Waals surface area contributed by atoms with Crippen LogP contribution in [-0.2, 0) is 10.5 Å². The van der Waals surface area contributed by atoms with E-state index in [1.807, 2.05) is 30.3 Å². The van der Waals surface area contributed by atoms with Crippen molar-refractivity contribution in [2.75, 3.05) is 18.9 Å². The molecule has 1 heterocycles. The van der Waals surface area contributed by atoms with Crippen LogP contribution in [0.5, 0.6) is 11.5 Å². The summed E-state index contributed by atoms with van der Waals surface area (Å²) in [6.07, 6.45) is -0.186. The second-order valence-corrected chi connectivity index (χ2v) is 7.36. The maximum Gasteiger partial charge on any atom is 0.230 e. The molecule has 1 atom stereocenters. The van der Waals surface area contributed by atoms with E-state index in [0.717, 1.165) is 11.3 Å². The molecule has 0 saturated carbocycles. The normalized spacial score (nSPS) is 15.7. The number of hydrogen-bond donors (Lipinski definition) is 1. The van der Waals surface area contributed by atoms with Crippen molar-refractivity contribution in [3.63, 3.8) is 0 Å². The number of carbonyl (C=O) groups excluding carboxylic acids is 1. The van der Waals surface area contributed by atoms with Gasteiger partial charge >= 0.3 is 0 Å². The summed E-state index contributed by atoms with van der Waals surface area (Å²) in [6, 6.07) is 12.9. The van der Waals surface area contributed by atoms with Crippen molar-refractivity contribution in [1.82, 2.24) is 5.32 Å². The molecule has 0 unspecified atom stereocenters. The number of para-hydroxylation sites is 2. The van der Waals surface area contributed by atoms with Crippen LogP contribution in [0.15, 0.2) is 42.5 Å². The van der Waals surface area contributed by atoms with Crippen LogP contribution in [-0.4, -0.2) is 30.9 Å². The molecule has 0 aliphatic carbocycles. The lowest BCUT2D eigenvalue weighted by Gasteiger charge is -2.26. The number of thioether (sulfide) groups is 1. The third-order valence-electron chi connectivity index (χ3n) is 3.60. The first kappa shape index (κ1) is 18.2. The van der Waals surface area contributed by atoms with Gasteiger partial charge in [-0.3, -0.25) is 4.79 Å². The molecule has 1 aliphatic rings. The number of amides is 1. The lowest BCUT2D eigenvalue weighted by atomic mass is 10.2. The van der Waals surface area contributed by atoms with Gasteiger partial charge in [0.15, 0.2) is 11.5 Å². The van der Waals surface area contributed by atoms with Gasteiger partial charge in [-0.25, -0.2) is 0 Å². The Morgan fingerprint density at radius 2 is 2.00 bits per heavy atom. The van der Waals surface area contributed by atoms with Crippen LogP contribution in [0, 0.1) is 0 Å². The molecule has 7 heteroatoms. The number of rotatable bonds is 6. The third kappa shape index (κ3) is 5.21. The molecule has 132 valence electrons. The average Bonchev–Trinajstić information content (AvgIpc) is 2.61. The predicted molar refractivity (Wildman–Crippen MR) is 102 cm³/mol. The van der Waals surface area contributed by atoms with Gasteiger partial charge in [0.25, 0.3) is 0 Å². The van der Waals surface area contributed by atoms with Crippen LogP contribution in [0.2, 0.25) is 10.0 Å². The maximum atomic E-state index is 12.0. The second-order valence-electron chi connectivity index (χ2n) is 5.53. The minimum Gasteiger partial charge on any atom is -0.486 e. The molecule has 1 aliphatic heterocycles. The van der Waals surface area contributed by atoms with Crippen LogP contribution < -0.4 is 14.8 Å². The Balaban J connectivity index is 1.39. The molecule has 1 amide bonds. The maximum absolute atomic E-state index is 12.0. The Hall–Kier alpha value is -1.56. The zero-order valence-corrected chi connectivity index (χ0v) is 15.7. The van der Waals surface area contributed by atoms with Crippen molar-refractivity contribution in [3.05, 3.63) is 58.1 Å². The van der Waals surface area contributed by atoms with E-state index in [0.29, 0.717) is 40.5 Å². The molecule has 25 heavy (non-hydrogen) atoms. The van der Waals surface area contributed by atoms with Crippen molar-refractivity contribution in [1.29, 1.82) is 0 Å². The van der Waals surface area contributed by atoms with Crippen LogP contribution in [0.3, 0.4) is 0 Å². The van der Waals surface area contributed by atoms with Crippen LogP contribution in [0.4, 0.5) is 0 Å². The van der Waals surface area contributed by atoms with Gasteiger partial charge in [-0.05, 0) is 29.8 Å². The van der Waals surface area contributed by atoms with Gasteiger partial charge in [-0.1, -0.05) is 41.4 Å². The highest BCUT2D eigenvalue weighted by atomic mass is 35.5. The largest absolute Gasteiger partial charge is 0.486 e. The lowest BCUT2D eigenvalue weighted by Crippen LogP contribution is -2.41. The average molecular weight is 398 g/mol. The fraction of sp³-hybridized carbons (Fsp3) is 0.278. The summed E-state index contributed by atoms with van der Waals surface area (Å²) in [6.45, 7) is 0.834. The minimum absolute atomic E-state index is 0.0439. The summed E-state index contributed by atoms with van der Waals surface area (Å²) in [4.78, 5) is 12.0. The molecule has 2 aromatic carbocycles. The topological polar surface area (TPSA) is 47.6 Å². The molecule has 0 fully saturated rings. The molecule has 3 rings (SSSR count). The van der Waals surface area contributed by atoms with Gasteiger partial charge < -0.3 is 14.8 Å². The molecule has 1 N–H and O–H groups in total. The number of carbonyl (C=O) groups is 1. The molecular formula is C18H17Cl2NO3S. The highest BCUT2D eigenvalue weighted by Crippen LogP contribution is 2.30. The Morgan fingerprint density at radius 1 is 1.20 bits per heavy atom. The van der Waals surface area contributed by atoms with Gasteiger partial charge in [0, 0.05) is 15.8 Å². The smallest absolute Gasteiger partial charge is 0.230 e. The van der Waals surface area contributed by atoms with Crippen molar-refractivity contribution in [2.24, 2.45) is 0 Å². The molecular weight excluding hydrogens is 381 g/mol. The lowest BCUT2D eigenvalue weighted by molar-refractivity contribution is -0.119. The van der Waals surface area contributed by atoms with E-state index in [9.17, 15) is 4.79 Å². The molecule has 0 aromatic heterocycles.